The highest BCUT2D eigenvalue weighted by Gasteiger charge is 2.11. The van der Waals surface area contributed by atoms with Crippen molar-refractivity contribution in [2.24, 2.45) is 0 Å². The summed E-state index contributed by atoms with van der Waals surface area (Å²) in [5.41, 5.74) is 0.790. The van der Waals surface area contributed by atoms with Crippen molar-refractivity contribution in [2.45, 2.75) is 19.6 Å². The summed E-state index contributed by atoms with van der Waals surface area (Å²) in [4.78, 5) is 12.3. The summed E-state index contributed by atoms with van der Waals surface area (Å²) in [6.07, 6.45) is 0.812. The second-order valence-corrected chi connectivity index (χ2v) is 5.45. The van der Waals surface area contributed by atoms with Gasteiger partial charge in [0.05, 0.1) is 18.1 Å². The van der Waals surface area contributed by atoms with Gasteiger partial charge >= 0.3 is 0 Å². The summed E-state index contributed by atoms with van der Waals surface area (Å²) in [6.45, 7) is 2.14. The fraction of sp³-hybridized carbons (Fsp3) is 0.222. The van der Waals surface area contributed by atoms with Gasteiger partial charge in [-0.25, -0.2) is 4.68 Å². The van der Waals surface area contributed by atoms with Gasteiger partial charge in [0.25, 0.3) is 5.56 Å². The van der Waals surface area contributed by atoms with Crippen LogP contribution in [0.2, 0.25) is 0 Å². The molecule has 0 aliphatic rings. The molecule has 0 amide bonds. The maximum atomic E-state index is 12.3. The third kappa shape index (κ3) is 3.40. The molecule has 0 saturated heterocycles. The molecule has 0 aliphatic carbocycles. The van der Waals surface area contributed by atoms with E-state index in [1.165, 1.54) is 4.68 Å². The Morgan fingerprint density at radius 1 is 1.17 bits per heavy atom. The van der Waals surface area contributed by atoms with Crippen molar-refractivity contribution < 1.29 is 9.84 Å². The van der Waals surface area contributed by atoms with E-state index in [1.54, 1.807) is 12.3 Å². The lowest BCUT2D eigenvalue weighted by molar-refractivity contribution is 0.0878. The maximum Gasteiger partial charge on any atom is 0.274 e. The Morgan fingerprint density at radius 2 is 1.91 bits per heavy atom. The summed E-state index contributed by atoms with van der Waals surface area (Å²) in [6, 6.07) is 14.9. The minimum atomic E-state index is -0.819. The molecular weight excluding hydrogens is 292 g/mol. The number of hydrogen-bond donors (Lipinski definition) is 1. The highest BCUT2D eigenvalue weighted by Crippen LogP contribution is 2.16. The molecule has 5 heteroatoms. The van der Waals surface area contributed by atoms with Gasteiger partial charge in [-0.2, -0.15) is 5.10 Å². The van der Waals surface area contributed by atoms with E-state index >= 15 is 0 Å². The van der Waals surface area contributed by atoms with Crippen LogP contribution >= 0.6 is 0 Å². The smallest absolute Gasteiger partial charge is 0.274 e. The van der Waals surface area contributed by atoms with Crippen molar-refractivity contribution in [2.75, 3.05) is 6.61 Å². The Hall–Kier alpha value is -2.66. The summed E-state index contributed by atoms with van der Waals surface area (Å²) in [5.74, 6) is 0.727. The van der Waals surface area contributed by atoms with E-state index in [9.17, 15) is 9.90 Å². The first-order valence-corrected chi connectivity index (χ1v) is 7.46. The van der Waals surface area contributed by atoms with E-state index < -0.39 is 6.10 Å². The Labute approximate surface area is 133 Å². The van der Waals surface area contributed by atoms with Crippen LogP contribution in [0.1, 0.15) is 5.56 Å². The third-order valence-corrected chi connectivity index (χ3v) is 3.67. The molecule has 1 N–H and O–H groups in total. The second-order valence-electron chi connectivity index (χ2n) is 5.45. The van der Waals surface area contributed by atoms with Gasteiger partial charge in [-0.1, -0.05) is 36.4 Å². The molecule has 1 atom stereocenters. The number of aromatic nitrogens is 2. The third-order valence-electron chi connectivity index (χ3n) is 3.67. The molecule has 3 rings (SSSR count). The predicted octanol–water partition coefficient (Wildman–Crippen LogP) is 2.14. The number of aliphatic hydroxyl groups is 1. The molecule has 23 heavy (non-hydrogen) atoms. The van der Waals surface area contributed by atoms with Gasteiger partial charge in [-0.15, -0.1) is 0 Å². The normalized spacial score (nSPS) is 12.3. The van der Waals surface area contributed by atoms with Gasteiger partial charge in [-0.05, 0) is 24.6 Å². The molecule has 1 aromatic heterocycles. The summed E-state index contributed by atoms with van der Waals surface area (Å²) < 4.78 is 6.88. The molecule has 118 valence electrons. The van der Waals surface area contributed by atoms with E-state index in [0.717, 1.165) is 16.7 Å². The zero-order valence-electron chi connectivity index (χ0n) is 12.8. The molecule has 0 radical (unpaired) electrons. The van der Waals surface area contributed by atoms with Crippen molar-refractivity contribution >= 4 is 10.8 Å². The number of benzene rings is 2. The Kier molecular flexibility index (Phi) is 4.39. The number of fused-ring (bicyclic) bond motifs is 1. The van der Waals surface area contributed by atoms with Crippen LogP contribution in [-0.2, 0) is 6.54 Å². The summed E-state index contributed by atoms with van der Waals surface area (Å²) in [5, 5.41) is 15.6. The number of rotatable bonds is 5. The summed E-state index contributed by atoms with van der Waals surface area (Å²) in [7, 11) is 0. The van der Waals surface area contributed by atoms with Crippen molar-refractivity contribution in [1.82, 2.24) is 9.78 Å². The van der Waals surface area contributed by atoms with Crippen molar-refractivity contribution in [1.29, 1.82) is 0 Å². The molecule has 1 unspecified atom stereocenters. The second kappa shape index (κ2) is 6.62. The molecule has 3 aromatic rings. The van der Waals surface area contributed by atoms with Crippen molar-refractivity contribution in [3.05, 3.63) is 70.6 Å². The van der Waals surface area contributed by atoms with Gasteiger partial charge in [0, 0.05) is 5.39 Å². The van der Waals surface area contributed by atoms with Crippen LogP contribution in [0.15, 0.2) is 59.5 Å². The van der Waals surface area contributed by atoms with Gasteiger partial charge in [0.2, 0.25) is 0 Å². The molecule has 0 aliphatic heterocycles. The SMILES string of the molecule is Cc1ccccc1OCC(O)Cn1ncc2ccccc2c1=O. The van der Waals surface area contributed by atoms with Gasteiger partial charge in [0.15, 0.2) is 0 Å². The van der Waals surface area contributed by atoms with E-state index in [4.69, 9.17) is 4.74 Å². The quantitative estimate of drug-likeness (QED) is 0.784. The fourth-order valence-electron chi connectivity index (χ4n) is 2.41. The standard InChI is InChI=1S/C18H18N2O3/c1-13-6-2-5-9-17(13)23-12-15(21)11-20-18(22)16-8-4-3-7-14(16)10-19-20/h2-10,15,21H,11-12H2,1H3. The number of hydrogen-bond acceptors (Lipinski definition) is 4. The van der Waals surface area contributed by atoms with Gasteiger partial charge in [0.1, 0.15) is 18.5 Å². The van der Waals surface area contributed by atoms with E-state index in [0.29, 0.717) is 5.39 Å². The molecule has 0 spiro atoms. The van der Waals surface area contributed by atoms with Crippen LogP contribution in [0.25, 0.3) is 10.8 Å². The molecule has 1 heterocycles. The number of aliphatic hydroxyl groups excluding tert-OH is 1. The number of para-hydroxylation sites is 1. The first-order chi connectivity index (χ1) is 11.1. The van der Waals surface area contributed by atoms with Crippen molar-refractivity contribution in [3.8, 4) is 5.75 Å². The van der Waals surface area contributed by atoms with E-state index in [1.807, 2.05) is 49.4 Å². The topological polar surface area (TPSA) is 64.3 Å². The largest absolute Gasteiger partial charge is 0.491 e. The lowest BCUT2D eigenvalue weighted by atomic mass is 10.2. The molecular formula is C18H18N2O3. The minimum absolute atomic E-state index is 0.0928. The van der Waals surface area contributed by atoms with E-state index in [2.05, 4.69) is 5.10 Å². The van der Waals surface area contributed by atoms with Gasteiger partial charge in [-0.3, -0.25) is 4.79 Å². The Balaban J connectivity index is 1.71. The molecule has 5 nitrogen and oxygen atoms in total. The van der Waals surface area contributed by atoms with Crippen LogP contribution in [0, 0.1) is 6.92 Å². The minimum Gasteiger partial charge on any atom is -0.491 e. The zero-order chi connectivity index (χ0) is 16.2. The van der Waals surface area contributed by atoms with Crippen LogP contribution in [0.4, 0.5) is 0 Å². The monoisotopic (exact) mass is 310 g/mol. The predicted molar refractivity (Wildman–Crippen MR) is 88.7 cm³/mol. The number of nitrogens with zero attached hydrogens (tertiary/aromatic N) is 2. The van der Waals surface area contributed by atoms with Crippen LogP contribution in [0.5, 0.6) is 5.75 Å². The highest BCUT2D eigenvalue weighted by molar-refractivity contribution is 5.80. The molecule has 0 bridgehead atoms. The molecule has 0 saturated carbocycles. The Morgan fingerprint density at radius 3 is 2.74 bits per heavy atom. The van der Waals surface area contributed by atoms with E-state index in [-0.39, 0.29) is 18.7 Å². The number of aryl methyl sites for hydroxylation is 1. The van der Waals surface area contributed by atoms with Crippen molar-refractivity contribution in [3.63, 3.8) is 0 Å². The lowest BCUT2D eigenvalue weighted by Crippen LogP contribution is -2.31. The lowest BCUT2D eigenvalue weighted by Gasteiger charge is -2.14. The maximum absolute atomic E-state index is 12.3. The van der Waals surface area contributed by atoms with Gasteiger partial charge < -0.3 is 9.84 Å². The molecule has 2 aromatic carbocycles. The first-order valence-electron chi connectivity index (χ1n) is 7.46. The number of ether oxygens (including phenoxy) is 1. The summed E-state index contributed by atoms with van der Waals surface area (Å²) >= 11 is 0. The molecule has 0 fully saturated rings. The van der Waals surface area contributed by atoms with Crippen LogP contribution < -0.4 is 10.3 Å². The van der Waals surface area contributed by atoms with Crippen LogP contribution in [0.3, 0.4) is 0 Å². The Bertz CT molecular complexity index is 873. The highest BCUT2D eigenvalue weighted by atomic mass is 16.5. The average Bonchev–Trinajstić information content (AvgIpc) is 2.57. The van der Waals surface area contributed by atoms with Crippen LogP contribution in [-0.4, -0.2) is 27.6 Å². The zero-order valence-corrected chi connectivity index (χ0v) is 12.8. The first kappa shape index (κ1) is 15.2. The average molecular weight is 310 g/mol. The fourth-order valence-corrected chi connectivity index (χ4v) is 2.41.